The number of allylic oxidation sites excluding steroid dienone is 1. The number of esters is 3. The van der Waals surface area contributed by atoms with Gasteiger partial charge in [-0.25, -0.2) is 19.4 Å². The average molecular weight is 1280 g/mol. The SMILES string of the molecule is C=C(C)C(=O)OCCCC(CC)(CC)C(=O)NC1=NC(=Cc2[nH]c(NC(=O)C(CC)(CC)CCCSC(CC(=O)O)C(=O)O)c(C(=O)OC3C(C(C)(C)C)CC(C)CC3C(C)(C)C)c2C(C)C)C(C(C)C)=C1C(=O)OC1C(C(C)(C)C)CC(C)CC1C(C)(C)C. The van der Waals surface area contributed by atoms with Crippen molar-refractivity contribution in [1.82, 2.24) is 10.3 Å². The van der Waals surface area contributed by atoms with Gasteiger partial charge in [0.2, 0.25) is 11.8 Å². The number of aliphatic carboxylic acids is 2. The van der Waals surface area contributed by atoms with E-state index in [0.29, 0.717) is 91.5 Å². The predicted molar refractivity (Wildman–Crippen MR) is 363 cm³/mol. The van der Waals surface area contributed by atoms with Gasteiger partial charge in [0.1, 0.15) is 40.2 Å². The molecule has 17 heteroatoms. The van der Waals surface area contributed by atoms with Crippen LogP contribution in [0.15, 0.2) is 34.0 Å². The fourth-order valence-corrected chi connectivity index (χ4v) is 15.5. The van der Waals surface area contributed by atoms with Crippen molar-refractivity contribution >= 4 is 71.2 Å². The van der Waals surface area contributed by atoms with Gasteiger partial charge in [-0.3, -0.25) is 19.2 Å². The molecule has 0 spiro atoms. The number of hydrogen-bond acceptors (Lipinski definition) is 12. The summed E-state index contributed by atoms with van der Waals surface area (Å²) in [4.78, 5) is 107. The zero-order valence-electron chi connectivity index (χ0n) is 59.6. The van der Waals surface area contributed by atoms with E-state index < -0.39 is 64.6 Å². The fraction of sp³-hybridized carbons (Fsp3) is 0.753. The first-order valence-corrected chi connectivity index (χ1v) is 34.7. The molecule has 2 amide bonds. The molecule has 0 radical (unpaired) electrons. The Morgan fingerprint density at radius 1 is 0.667 bits per heavy atom. The Bertz CT molecular complexity index is 2790. The molecule has 508 valence electrons. The van der Waals surface area contributed by atoms with Crippen molar-refractivity contribution in [2.45, 2.75) is 266 Å². The van der Waals surface area contributed by atoms with Gasteiger partial charge >= 0.3 is 29.8 Å². The van der Waals surface area contributed by atoms with Crippen LogP contribution in [0.2, 0.25) is 0 Å². The number of aromatic amines is 1. The van der Waals surface area contributed by atoms with E-state index in [4.69, 9.17) is 19.2 Å². The highest BCUT2D eigenvalue weighted by molar-refractivity contribution is 8.00. The van der Waals surface area contributed by atoms with Crippen molar-refractivity contribution in [1.29, 1.82) is 0 Å². The van der Waals surface area contributed by atoms with Crippen LogP contribution in [0.25, 0.3) is 6.08 Å². The molecule has 5 unspecified atom stereocenters. The lowest BCUT2D eigenvalue weighted by Gasteiger charge is -2.50. The fourth-order valence-electron chi connectivity index (χ4n) is 14.5. The van der Waals surface area contributed by atoms with E-state index in [1.165, 1.54) is 0 Å². The topological polar surface area (TPSA) is 240 Å². The zero-order valence-corrected chi connectivity index (χ0v) is 60.4. The molecule has 5 N–H and O–H groups in total. The van der Waals surface area contributed by atoms with E-state index in [0.717, 1.165) is 37.4 Å². The molecule has 90 heavy (non-hydrogen) atoms. The minimum Gasteiger partial charge on any atom is -0.481 e. The van der Waals surface area contributed by atoms with E-state index in [2.05, 4.69) is 119 Å². The number of ether oxygens (including phenoxy) is 3. The Balaban J connectivity index is 2.09. The van der Waals surface area contributed by atoms with Gasteiger partial charge in [-0.2, -0.15) is 0 Å². The molecular formula is C73H118N4O12S. The van der Waals surface area contributed by atoms with Crippen molar-refractivity contribution in [3.05, 3.63) is 45.8 Å². The highest BCUT2D eigenvalue weighted by Gasteiger charge is 2.51. The number of aromatic nitrogens is 1. The smallest absolute Gasteiger partial charge is 0.342 e. The van der Waals surface area contributed by atoms with Crippen LogP contribution in [0.1, 0.15) is 270 Å². The van der Waals surface area contributed by atoms with Crippen LogP contribution in [0.4, 0.5) is 5.82 Å². The summed E-state index contributed by atoms with van der Waals surface area (Å²) in [6, 6.07) is 0. The summed E-state index contributed by atoms with van der Waals surface area (Å²) in [5.41, 5.74) is -0.367. The summed E-state index contributed by atoms with van der Waals surface area (Å²) in [6.07, 6.45) is 7.02. The summed E-state index contributed by atoms with van der Waals surface area (Å²) in [5, 5.41) is 24.5. The molecule has 16 nitrogen and oxygen atoms in total. The van der Waals surface area contributed by atoms with Gasteiger partial charge in [-0.05, 0) is 152 Å². The molecule has 4 rings (SSSR count). The first kappa shape index (κ1) is 77.3. The Morgan fingerprint density at radius 2 is 1.10 bits per heavy atom. The second kappa shape index (κ2) is 31.2. The monoisotopic (exact) mass is 1270 g/mol. The number of anilines is 1. The minimum absolute atomic E-state index is 0.00312. The standard InChI is InChI=1S/C73H118N4O12S/c1-25-72(26-2,31-29-33-87-63(82)43(9)10)66(85)76-60-56(64(83)88-58-46(68(13,14)15)35-44(11)36-47(58)69(16,17)18)54(41(5)6)50(74-60)39-51-55(42(7)8)57(65(84)89-59-48(70(19,20)21)37-45(12)38-49(59)71(22,23)24)61(75-51)77-67(86)73(27-3,28-4)32-30-34-90-52(62(80)81)40-53(78)79/h39,41-42,44-49,52,58-59,75H,9,25-38,40H2,1-8,10-24H3,(H,77,86)(H,78,79)(H,80,81)(H,74,76,85). The van der Waals surface area contributed by atoms with Crippen LogP contribution in [0, 0.1) is 73.9 Å². The molecule has 0 aromatic carbocycles. The number of carboxylic acids is 2. The van der Waals surface area contributed by atoms with Gasteiger partial charge in [-0.1, -0.05) is 159 Å². The average Bonchev–Trinajstić information content (AvgIpc) is 1.43. The van der Waals surface area contributed by atoms with Gasteiger partial charge in [0.25, 0.3) is 0 Å². The normalized spacial score (nSPS) is 22.9. The number of carbonyl (C=O) groups excluding carboxylic acids is 5. The van der Waals surface area contributed by atoms with E-state index in [1.807, 2.05) is 61.5 Å². The molecule has 2 saturated carbocycles. The maximum atomic E-state index is 15.8. The summed E-state index contributed by atoms with van der Waals surface area (Å²) in [5.74, 6) is -4.23. The van der Waals surface area contributed by atoms with Gasteiger partial charge in [-0.15, -0.1) is 11.8 Å². The summed E-state index contributed by atoms with van der Waals surface area (Å²) < 4.78 is 19.5. The van der Waals surface area contributed by atoms with E-state index in [1.54, 1.807) is 6.92 Å². The number of aliphatic imine (C=N–C) groups is 1. The first-order chi connectivity index (χ1) is 41.4. The second-order valence-corrected chi connectivity index (χ2v) is 33.2. The maximum Gasteiger partial charge on any atom is 0.342 e. The second-order valence-electron chi connectivity index (χ2n) is 31.9. The highest BCUT2D eigenvalue weighted by atomic mass is 32.2. The number of amides is 2. The number of nitrogens with zero attached hydrogens (tertiary/aromatic N) is 1. The Labute approximate surface area is 545 Å². The lowest BCUT2D eigenvalue weighted by molar-refractivity contribution is -0.164. The van der Waals surface area contributed by atoms with Crippen molar-refractivity contribution in [3.63, 3.8) is 0 Å². The third kappa shape index (κ3) is 19.0. The van der Waals surface area contributed by atoms with Crippen molar-refractivity contribution in [3.8, 4) is 0 Å². The largest absolute Gasteiger partial charge is 0.481 e. The quantitative estimate of drug-likeness (QED) is 0.0239. The summed E-state index contributed by atoms with van der Waals surface area (Å²) >= 11 is 1.04. The molecule has 2 heterocycles. The number of hydrogen-bond donors (Lipinski definition) is 5. The number of thioether (sulfide) groups is 1. The maximum absolute atomic E-state index is 15.8. The number of rotatable bonds is 27. The molecule has 2 fully saturated rings. The van der Waals surface area contributed by atoms with Crippen LogP contribution >= 0.6 is 11.8 Å². The summed E-state index contributed by atoms with van der Waals surface area (Å²) in [7, 11) is 0. The van der Waals surface area contributed by atoms with Crippen LogP contribution < -0.4 is 10.6 Å². The predicted octanol–water partition coefficient (Wildman–Crippen LogP) is 16.8. The highest BCUT2D eigenvalue weighted by Crippen LogP contribution is 2.53. The van der Waals surface area contributed by atoms with Crippen molar-refractivity contribution in [2.75, 3.05) is 17.7 Å². The van der Waals surface area contributed by atoms with Gasteiger partial charge in [0.15, 0.2) is 0 Å². The van der Waals surface area contributed by atoms with E-state index >= 15 is 19.2 Å². The van der Waals surface area contributed by atoms with Crippen LogP contribution in [0.5, 0.6) is 0 Å². The first-order valence-electron chi connectivity index (χ1n) is 33.7. The molecule has 1 aromatic heterocycles. The molecule has 5 atom stereocenters. The van der Waals surface area contributed by atoms with E-state index in [9.17, 15) is 24.6 Å². The molecule has 2 aliphatic carbocycles. The molecule has 0 saturated heterocycles. The van der Waals surface area contributed by atoms with Crippen LogP contribution in [0.3, 0.4) is 0 Å². The Morgan fingerprint density at radius 3 is 1.49 bits per heavy atom. The van der Waals surface area contributed by atoms with Gasteiger partial charge in [0, 0.05) is 45.8 Å². The molecular weight excluding hydrogens is 1160 g/mol. The molecule has 0 bridgehead atoms. The number of nitrogens with one attached hydrogen (secondary N) is 3. The van der Waals surface area contributed by atoms with Crippen molar-refractivity contribution in [2.24, 2.45) is 78.9 Å². The van der Waals surface area contributed by atoms with Crippen molar-refractivity contribution < 1.29 is 58.0 Å². The third-order valence-corrected chi connectivity index (χ3v) is 21.6. The summed E-state index contributed by atoms with van der Waals surface area (Å²) in [6.45, 7) is 52.0. The lowest BCUT2D eigenvalue weighted by Crippen LogP contribution is -2.50. The molecule has 3 aliphatic rings. The lowest BCUT2D eigenvalue weighted by atomic mass is 9.59. The molecule has 1 aliphatic heterocycles. The number of amidine groups is 1. The van der Waals surface area contributed by atoms with E-state index in [-0.39, 0.29) is 104 Å². The van der Waals surface area contributed by atoms with Crippen LogP contribution in [-0.4, -0.2) is 92.5 Å². The Kier molecular flexibility index (Phi) is 26.7. The number of H-pyrrole nitrogens is 1. The zero-order chi connectivity index (χ0) is 68.6. The molecule has 1 aromatic rings. The third-order valence-electron chi connectivity index (χ3n) is 20.4. The Hall–Kier alpha value is -5.19. The van der Waals surface area contributed by atoms with Crippen LogP contribution in [-0.2, 0) is 43.0 Å². The number of carbonyl (C=O) groups is 7. The minimum atomic E-state index is -1.21. The van der Waals surface area contributed by atoms with Gasteiger partial charge < -0.3 is 40.0 Å². The number of carboxylic acid groups (broad SMARTS) is 2. The van der Waals surface area contributed by atoms with Gasteiger partial charge in [0.05, 0.1) is 18.7 Å².